The lowest BCUT2D eigenvalue weighted by Crippen LogP contribution is -2.44. The first-order valence-electron chi connectivity index (χ1n) is 7.22. The van der Waals surface area contributed by atoms with Gasteiger partial charge in [0.25, 0.3) is 0 Å². The van der Waals surface area contributed by atoms with Gasteiger partial charge in [-0.15, -0.1) is 0 Å². The first-order chi connectivity index (χ1) is 10.1. The van der Waals surface area contributed by atoms with Gasteiger partial charge in [-0.1, -0.05) is 20.8 Å². The second kappa shape index (κ2) is 7.66. The molecule has 1 saturated heterocycles. The lowest BCUT2D eigenvalue weighted by Gasteiger charge is -2.28. The summed E-state index contributed by atoms with van der Waals surface area (Å²) in [7, 11) is 0. The van der Waals surface area contributed by atoms with Crippen LogP contribution >= 0.6 is 0 Å². The van der Waals surface area contributed by atoms with Crippen LogP contribution in [0, 0.1) is 5.41 Å². The van der Waals surface area contributed by atoms with Crippen LogP contribution in [0.1, 0.15) is 20.8 Å². The summed E-state index contributed by atoms with van der Waals surface area (Å²) in [5, 5.41) is 17.9. The summed E-state index contributed by atoms with van der Waals surface area (Å²) in [6, 6.07) is 0. The predicted molar refractivity (Wildman–Crippen MR) is 79.3 cm³/mol. The molecule has 0 aromatic rings. The molecule has 2 N–H and O–H groups in total. The maximum Gasteiger partial charge on any atom is 0.317 e. The summed E-state index contributed by atoms with van der Waals surface area (Å²) >= 11 is 0. The molecule has 0 aromatic heterocycles. The van der Waals surface area contributed by atoms with Crippen LogP contribution in [0.4, 0.5) is 0 Å². The Bertz CT molecular complexity index is 433. The van der Waals surface area contributed by atoms with Crippen molar-refractivity contribution < 1.29 is 24.6 Å². The number of carboxylic acids is 2. The first kappa shape index (κ1) is 18.5. The monoisotopic (exact) mass is 315 g/mol. The number of carbonyl (C=O) groups is 3. The second-order valence-corrected chi connectivity index (χ2v) is 6.68. The summed E-state index contributed by atoms with van der Waals surface area (Å²) in [4.78, 5) is 39.1. The number of carbonyl (C=O) groups excluding carboxylic acids is 1. The zero-order valence-corrected chi connectivity index (χ0v) is 13.4. The van der Waals surface area contributed by atoms with E-state index in [2.05, 4.69) is 0 Å². The fourth-order valence-electron chi connectivity index (χ4n) is 2.22. The Kier molecular flexibility index (Phi) is 6.46. The number of ketones is 1. The molecule has 0 aromatic carbocycles. The SMILES string of the molecule is CC(C)(C)C(=O)CN1CCN(CC(=O)O)CN(CC(=O)O)C1. The van der Waals surface area contributed by atoms with E-state index in [4.69, 9.17) is 10.2 Å². The molecule has 126 valence electrons. The van der Waals surface area contributed by atoms with Crippen LogP contribution in [-0.4, -0.2) is 88.7 Å². The number of aliphatic carboxylic acids is 2. The number of carboxylic acid groups (broad SMARTS) is 2. The van der Waals surface area contributed by atoms with Crippen LogP contribution in [0.3, 0.4) is 0 Å². The summed E-state index contributed by atoms with van der Waals surface area (Å²) in [6.45, 7) is 7.07. The van der Waals surface area contributed by atoms with Gasteiger partial charge in [-0.05, 0) is 0 Å². The average Bonchev–Trinajstić information content (AvgIpc) is 2.49. The van der Waals surface area contributed by atoms with E-state index < -0.39 is 17.4 Å². The van der Waals surface area contributed by atoms with E-state index in [0.717, 1.165) is 0 Å². The molecule has 8 nitrogen and oxygen atoms in total. The Balaban J connectivity index is 2.73. The molecule has 1 heterocycles. The van der Waals surface area contributed by atoms with E-state index in [1.54, 1.807) is 9.80 Å². The predicted octanol–water partition coefficient (Wildman–Crippen LogP) is -0.395. The minimum absolute atomic E-state index is 0.0782. The molecule has 0 atom stereocenters. The fraction of sp³-hybridized carbons (Fsp3) is 0.786. The summed E-state index contributed by atoms with van der Waals surface area (Å²) in [5.41, 5.74) is -0.454. The van der Waals surface area contributed by atoms with Gasteiger partial charge in [-0.3, -0.25) is 29.1 Å². The lowest BCUT2D eigenvalue weighted by atomic mass is 9.90. The zero-order chi connectivity index (χ0) is 16.9. The highest BCUT2D eigenvalue weighted by molar-refractivity contribution is 5.85. The molecule has 1 rings (SSSR count). The topological polar surface area (TPSA) is 101 Å². The van der Waals surface area contributed by atoms with Crippen LogP contribution in [0.2, 0.25) is 0 Å². The van der Waals surface area contributed by atoms with Gasteiger partial charge in [0.2, 0.25) is 0 Å². The van der Waals surface area contributed by atoms with E-state index in [9.17, 15) is 14.4 Å². The van der Waals surface area contributed by atoms with E-state index in [1.807, 2.05) is 25.7 Å². The van der Waals surface area contributed by atoms with Gasteiger partial charge >= 0.3 is 11.9 Å². The Morgan fingerprint density at radius 2 is 1.23 bits per heavy atom. The van der Waals surface area contributed by atoms with Gasteiger partial charge in [0.05, 0.1) is 33.0 Å². The second-order valence-electron chi connectivity index (χ2n) is 6.68. The molecule has 1 fully saturated rings. The highest BCUT2D eigenvalue weighted by atomic mass is 16.4. The highest BCUT2D eigenvalue weighted by Crippen LogP contribution is 2.16. The van der Waals surface area contributed by atoms with Crippen molar-refractivity contribution in [3.63, 3.8) is 0 Å². The highest BCUT2D eigenvalue weighted by Gasteiger charge is 2.28. The summed E-state index contributed by atoms with van der Waals surface area (Å²) in [6.07, 6.45) is 0. The van der Waals surface area contributed by atoms with Crippen molar-refractivity contribution in [2.75, 3.05) is 46.1 Å². The fourth-order valence-corrected chi connectivity index (χ4v) is 2.22. The largest absolute Gasteiger partial charge is 0.480 e. The van der Waals surface area contributed by atoms with Crippen molar-refractivity contribution in [2.45, 2.75) is 20.8 Å². The van der Waals surface area contributed by atoms with Crippen LogP contribution in [0.15, 0.2) is 0 Å². The van der Waals surface area contributed by atoms with Crippen molar-refractivity contribution in [1.29, 1.82) is 0 Å². The smallest absolute Gasteiger partial charge is 0.317 e. The van der Waals surface area contributed by atoms with Gasteiger partial charge < -0.3 is 10.2 Å². The van der Waals surface area contributed by atoms with Crippen molar-refractivity contribution in [3.8, 4) is 0 Å². The number of nitrogens with zero attached hydrogens (tertiary/aromatic N) is 3. The van der Waals surface area contributed by atoms with Gasteiger partial charge in [0.1, 0.15) is 0 Å². The van der Waals surface area contributed by atoms with Gasteiger partial charge in [0, 0.05) is 18.5 Å². The molecule has 0 amide bonds. The quantitative estimate of drug-likeness (QED) is 0.683. The molecule has 0 unspecified atom stereocenters. The Morgan fingerprint density at radius 3 is 1.64 bits per heavy atom. The minimum atomic E-state index is -0.973. The number of rotatable bonds is 6. The van der Waals surface area contributed by atoms with Crippen molar-refractivity contribution in [2.24, 2.45) is 5.41 Å². The Morgan fingerprint density at radius 1 is 0.818 bits per heavy atom. The summed E-state index contributed by atoms with van der Waals surface area (Å²) in [5.74, 6) is -1.84. The molecule has 22 heavy (non-hydrogen) atoms. The maximum absolute atomic E-state index is 12.1. The molecule has 0 aliphatic carbocycles. The van der Waals surface area contributed by atoms with Crippen molar-refractivity contribution in [1.82, 2.24) is 14.7 Å². The molecule has 1 aliphatic heterocycles. The van der Waals surface area contributed by atoms with E-state index in [0.29, 0.717) is 19.8 Å². The molecular formula is C14H25N3O5. The van der Waals surface area contributed by atoms with Crippen LogP contribution in [0.5, 0.6) is 0 Å². The number of hydrogen-bond acceptors (Lipinski definition) is 6. The molecule has 8 heteroatoms. The number of hydrogen-bond donors (Lipinski definition) is 2. The molecule has 0 saturated carbocycles. The maximum atomic E-state index is 12.1. The Hall–Kier alpha value is -1.51. The Labute approximate surface area is 130 Å². The minimum Gasteiger partial charge on any atom is -0.480 e. The molecule has 0 bridgehead atoms. The molecule has 0 radical (unpaired) electrons. The molecular weight excluding hydrogens is 290 g/mol. The van der Waals surface area contributed by atoms with Gasteiger partial charge in [-0.2, -0.15) is 0 Å². The molecule has 0 spiro atoms. The van der Waals surface area contributed by atoms with E-state index >= 15 is 0 Å². The van der Waals surface area contributed by atoms with E-state index in [1.165, 1.54) is 0 Å². The van der Waals surface area contributed by atoms with Crippen LogP contribution in [0.25, 0.3) is 0 Å². The van der Waals surface area contributed by atoms with Gasteiger partial charge in [0.15, 0.2) is 5.78 Å². The van der Waals surface area contributed by atoms with Crippen LogP contribution < -0.4 is 0 Å². The van der Waals surface area contributed by atoms with Crippen LogP contribution in [-0.2, 0) is 14.4 Å². The summed E-state index contributed by atoms with van der Waals surface area (Å²) < 4.78 is 0. The standard InChI is InChI=1S/C14H25N3O5/c1-14(2,3)11(18)6-15-4-5-16(7-12(19)20)10-17(9-15)8-13(21)22/h4-10H2,1-3H3,(H,19,20)(H,21,22). The normalized spacial score (nSPS) is 18.9. The van der Waals surface area contributed by atoms with E-state index in [-0.39, 0.29) is 32.1 Å². The third-order valence-corrected chi connectivity index (χ3v) is 3.45. The molecule has 1 aliphatic rings. The first-order valence-corrected chi connectivity index (χ1v) is 7.22. The lowest BCUT2D eigenvalue weighted by molar-refractivity contribution is -0.139. The third kappa shape index (κ3) is 6.50. The van der Waals surface area contributed by atoms with Crippen molar-refractivity contribution in [3.05, 3.63) is 0 Å². The third-order valence-electron chi connectivity index (χ3n) is 3.45. The average molecular weight is 315 g/mol. The van der Waals surface area contributed by atoms with Gasteiger partial charge in [-0.25, -0.2) is 0 Å². The zero-order valence-electron chi connectivity index (χ0n) is 13.4. The van der Waals surface area contributed by atoms with Crippen molar-refractivity contribution >= 4 is 17.7 Å². The number of Topliss-reactive ketones (excluding diaryl/α,β-unsaturated/α-hetero) is 1.